The first kappa shape index (κ1) is 12.1. The van der Waals surface area contributed by atoms with Crippen LogP contribution in [0, 0.1) is 0 Å². The summed E-state index contributed by atoms with van der Waals surface area (Å²) in [5, 5.41) is -0.279. The van der Waals surface area contributed by atoms with Crippen molar-refractivity contribution in [3.8, 4) is 0 Å². The molecular formula is C12H16O2S. The molecule has 0 heterocycles. The van der Waals surface area contributed by atoms with E-state index in [-0.39, 0.29) is 10.7 Å². The molecule has 0 aliphatic heterocycles. The zero-order valence-electron chi connectivity index (χ0n) is 9.53. The maximum Gasteiger partial charge on any atom is 0.371 e. The maximum absolute atomic E-state index is 11.0. The first-order valence-corrected chi connectivity index (χ1v) is 5.61. The molecule has 82 valence electrons. The van der Waals surface area contributed by atoms with Gasteiger partial charge in [0, 0.05) is 4.90 Å². The molecule has 1 rings (SSSR count). The van der Waals surface area contributed by atoms with Crippen LogP contribution in [-0.4, -0.2) is 12.4 Å². The normalized spacial score (nSPS) is 11.2. The van der Waals surface area contributed by atoms with E-state index in [0.717, 1.165) is 16.7 Å². The molecule has 0 bridgehead atoms. The van der Waals surface area contributed by atoms with Gasteiger partial charge in [0.25, 0.3) is 0 Å². The van der Waals surface area contributed by atoms with Crippen molar-refractivity contribution >= 4 is 17.1 Å². The molecule has 0 saturated carbocycles. The van der Waals surface area contributed by atoms with Gasteiger partial charge in [0.2, 0.25) is 0 Å². The van der Waals surface area contributed by atoms with Crippen LogP contribution in [0.25, 0.3) is 0 Å². The Morgan fingerprint density at radius 2 is 1.73 bits per heavy atom. The summed E-state index contributed by atoms with van der Waals surface area (Å²) in [7, 11) is 1.39. The lowest BCUT2D eigenvalue weighted by molar-refractivity contribution is 0.200. The number of ether oxygens (including phenoxy) is 1. The van der Waals surface area contributed by atoms with Crippen LogP contribution in [0.1, 0.15) is 26.3 Å². The summed E-state index contributed by atoms with van der Waals surface area (Å²) >= 11 is 1.10. The van der Waals surface area contributed by atoms with Crippen molar-refractivity contribution in [2.24, 2.45) is 0 Å². The summed E-state index contributed by atoms with van der Waals surface area (Å²) in [5.74, 6) is 0. The predicted molar refractivity (Wildman–Crippen MR) is 63.4 cm³/mol. The third-order valence-corrected chi connectivity index (χ3v) is 2.93. The van der Waals surface area contributed by atoms with E-state index in [1.165, 1.54) is 12.7 Å². The molecule has 0 unspecified atom stereocenters. The third-order valence-electron chi connectivity index (χ3n) is 2.09. The molecule has 0 aromatic heterocycles. The molecular weight excluding hydrogens is 208 g/mol. The number of methoxy groups -OCH3 is 1. The van der Waals surface area contributed by atoms with Crippen molar-refractivity contribution in [3.05, 3.63) is 29.8 Å². The van der Waals surface area contributed by atoms with E-state index in [1.54, 1.807) is 0 Å². The highest BCUT2D eigenvalue weighted by Gasteiger charge is 2.13. The lowest BCUT2D eigenvalue weighted by Gasteiger charge is -2.18. The SMILES string of the molecule is COC(=O)Sc1ccc(C(C)(C)C)cc1. The molecule has 1 aromatic rings. The molecule has 1 aromatic carbocycles. The molecule has 0 radical (unpaired) electrons. The Hall–Kier alpha value is -0.960. The minimum absolute atomic E-state index is 0.147. The topological polar surface area (TPSA) is 26.3 Å². The van der Waals surface area contributed by atoms with Crippen LogP contribution in [0.5, 0.6) is 0 Å². The van der Waals surface area contributed by atoms with Crippen LogP contribution in [0.4, 0.5) is 4.79 Å². The minimum Gasteiger partial charge on any atom is -0.461 e. The smallest absolute Gasteiger partial charge is 0.371 e. The van der Waals surface area contributed by atoms with Crippen LogP contribution in [-0.2, 0) is 10.2 Å². The number of carbonyl (C=O) groups is 1. The third kappa shape index (κ3) is 3.59. The zero-order chi connectivity index (χ0) is 11.5. The second-order valence-corrected chi connectivity index (χ2v) is 5.34. The Labute approximate surface area is 95.0 Å². The minimum atomic E-state index is -0.279. The second kappa shape index (κ2) is 4.71. The molecule has 0 N–H and O–H groups in total. The number of carbonyl (C=O) groups excluding carboxylic acids is 1. The van der Waals surface area contributed by atoms with Crippen molar-refractivity contribution in [1.29, 1.82) is 0 Å². The monoisotopic (exact) mass is 224 g/mol. The Morgan fingerprint density at radius 1 is 1.20 bits per heavy atom. The molecule has 0 amide bonds. The fourth-order valence-corrected chi connectivity index (χ4v) is 1.71. The maximum atomic E-state index is 11.0. The molecule has 0 aliphatic carbocycles. The Bertz CT molecular complexity index is 336. The van der Waals surface area contributed by atoms with Crippen molar-refractivity contribution in [3.63, 3.8) is 0 Å². The summed E-state index contributed by atoms with van der Waals surface area (Å²) in [6.45, 7) is 6.49. The van der Waals surface area contributed by atoms with Crippen LogP contribution in [0.3, 0.4) is 0 Å². The van der Waals surface area contributed by atoms with Gasteiger partial charge in [0.05, 0.1) is 7.11 Å². The van der Waals surface area contributed by atoms with E-state index in [2.05, 4.69) is 25.5 Å². The molecule has 0 atom stereocenters. The largest absolute Gasteiger partial charge is 0.461 e. The number of benzene rings is 1. The van der Waals surface area contributed by atoms with Crippen molar-refractivity contribution in [1.82, 2.24) is 0 Å². The second-order valence-electron chi connectivity index (χ2n) is 4.33. The van der Waals surface area contributed by atoms with Crippen molar-refractivity contribution in [2.75, 3.05) is 7.11 Å². The molecule has 3 heteroatoms. The quantitative estimate of drug-likeness (QED) is 0.535. The summed E-state index contributed by atoms with van der Waals surface area (Å²) < 4.78 is 4.58. The van der Waals surface area contributed by atoms with Gasteiger partial charge in [-0.2, -0.15) is 0 Å². The Morgan fingerprint density at radius 3 is 2.13 bits per heavy atom. The molecule has 2 nitrogen and oxygen atoms in total. The van der Waals surface area contributed by atoms with Crippen molar-refractivity contribution < 1.29 is 9.53 Å². The summed E-state index contributed by atoms with van der Waals surface area (Å²) in [5.41, 5.74) is 1.41. The van der Waals surface area contributed by atoms with Crippen LogP contribution < -0.4 is 0 Å². The van der Waals surface area contributed by atoms with E-state index in [9.17, 15) is 4.79 Å². The van der Waals surface area contributed by atoms with Gasteiger partial charge in [-0.25, -0.2) is 4.79 Å². The lowest BCUT2D eigenvalue weighted by atomic mass is 9.87. The average molecular weight is 224 g/mol. The molecule has 0 saturated heterocycles. The molecule has 15 heavy (non-hydrogen) atoms. The van der Waals surface area contributed by atoms with Gasteiger partial charge in [0.1, 0.15) is 0 Å². The fourth-order valence-electron chi connectivity index (χ4n) is 1.16. The highest BCUT2D eigenvalue weighted by Crippen LogP contribution is 2.26. The van der Waals surface area contributed by atoms with E-state index in [4.69, 9.17) is 0 Å². The number of hydrogen-bond acceptors (Lipinski definition) is 3. The van der Waals surface area contributed by atoms with Crippen LogP contribution in [0.2, 0.25) is 0 Å². The Balaban J connectivity index is 2.77. The molecule has 0 fully saturated rings. The van der Waals surface area contributed by atoms with Gasteiger partial charge in [0.15, 0.2) is 0 Å². The predicted octanol–water partition coefficient (Wildman–Crippen LogP) is 3.84. The van der Waals surface area contributed by atoms with Gasteiger partial charge < -0.3 is 4.74 Å². The van der Waals surface area contributed by atoms with E-state index >= 15 is 0 Å². The standard InChI is InChI=1S/C12H16O2S/c1-12(2,3)9-5-7-10(8-6-9)15-11(13)14-4/h5-8H,1-4H3. The number of rotatable bonds is 1. The lowest BCUT2D eigenvalue weighted by Crippen LogP contribution is -2.10. The van der Waals surface area contributed by atoms with E-state index in [1.807, 2.05) is 24.3 Å². The summed E-state index contributed by atoms with van der Waals surface area (Å²) in [6, 6.07) is 7.99. The molecule has 0 aliphatic rings. The van der Waals surface area contributed by atoms with Crippen molar-refractivity contribution in [2.45, 2.75) is 31.1 Å². The fraction of sp³-hybridized carbons (Fsp3) is 0.417. The van der Waals surface area contributed by atoms with Crippen LogP contribution in [0.15, 0.2) is 29.2 Å². The van der Waals surface area contributed by atoms with E-state index in [0.29, 0.717) is 0 Å². The Kier molecular flexibility index (Phi) is 3.80. The first-order chi connectivity index (χ1) is 6.93. The zero-order valence-corrected chi connectivity index (χ0v) is 10.4. The van der Waals surface area contributed by atoms with Gasteiger partial charge in [-0.15, -0.1) is 0 Å². The first-order valence-electron chi connectivity index (χ1n) is 4.80. The van der Waals surface area contributed by atoms with Crippen LogP contribution >= 0.6 is 11.8 Å². The van der Waals surface area contributed by atoms with Gasteiger partial charge >= 0.3 is 5.30 Å². The van der Waals surface area contributed by atoms with Gasteiger partial charge in [-0.05, 0) is 34.9 Å². The van der Waals surface area contributed by atoms with Gasteiger partial charge in [-0.1, -0.05) is 32.9 Å². The summed E-state index contributed by atoms with van der Waals surface area (Å²) in [6.07, 6.45) is 0. The number of thioether (sulfide) groups is 1. The summed E-state index contributed by atoms with van der Waals surface area (Å²) in [4.78, 5) is 11.9. The number of hydrogen-bond donors (Lipinski definition) is 0. The van der Waals surface area contributed by atoms with E-state index < -0.39 is 0 Å². The highest BCUT2D eigenvalue weighted by molar-refractivity contribution is 8.13. The average Bonchev–Trinajstić information content (AvgIpc) is 2.17. The molecule has 0 spiro atoms. The van der Waals surface area contributed by atoms with Gasteiger partial charge in [-0.3, -0.25) is 0 Å². The highest BCUT2D eigenvalue weighted by atomic mass is 32.2.